The molecule has 3 aromatic rings. The third-order valence-corrected chi connectivity index (χ3v) is 10.0. The van der Waals surface area contributed by atoms with Crippen LogP contribution in [0.2, 0.25) is 0 Å². The summed E-state index contributed by atoms with van der Waals surface area (Å²) >= 11 is 0. The van der Waals surface area contributed by atoms with E-state index in [0.717, 1.165) is 28.5 Å². The van der Waals surface area contributed by atoms with Crippen LogP contribution in [-0.2, 0) is 36.3 Å². The summed E-state index contributed by atoms with van der Waals surface area (Å²) < 4.78 is 115. The molecule has 222 valence electrons. The normalized spacial score (nSPS) is 23.5. The zero-order chi connectivity index (χ0) is 30.3. The number of alkyl halides is 5. The summed E-state index contributed by atoms with van der Waals surface area (Å²) in [6, 6.07) is 22.7. The quantitative estimate of drug-likeness (QED) is 0.169. The smallest absolute Gasteiger partial charge is 0.405 e. The zero-order valence-electron chi connectivity index (χ0n) is 22.2. The first-order chi connectivity index (χ1) is 19.0. The van der Waals surface area contributed by atoms with Gasteiger partial charge in [0.2, 0.25) is 0 Å². The fourth-order valence-corrected chi connectivity index (χ4v) is 6.53. The van der Waals surface area contributed by atoms with Crippen LogP contribution in [-0.4, -0.2) is 43.7 Å². The van der Waals surface area contributed by atoms with Gasteiger partial charge in [0, 0.05) is 5.56 Å². The van der Waals surface area contributed by atoms with Crippen molar-refractivity contribution in [3.05, 3.63) is 84.4 Å². The van der Waals surface area contributed by atoms with Crippen molar-refractivity contribution in [2.45, 2.75) is 58.8 Å². The van der Waals surface area contributed by atoms with Crippen LogP contribution in [0.4, 0.5) is 22.0 Å². The summed E-state index contributed by atoms with van der Waals surface area (Å²) in [5, 5.41) is -4.50. The van der Waals surface area contributed by atoms with Crippen LogP contribution in [0.15, 0.2) is 93.5 Å². The van der Waals surface area contributed by atoms with E-state index in [1.54, 1.807) is 31.2 Å². The van der Waals surface area contributed by atoms with E-state index in [-0.39, 0.29) is 5.75 Å². The topological polar surface area (TPSA) is 82.1 Å². The van der Waals surface area contributed by atoms with Gasteiger partial charge in [-0.05, 0) is 81.4 Å². The SMILES string of the molecule is CC(Oc1ccc([S+](c2ccccc2)c2ccc(C3(C)OCC(C)(C(F)(F)F)CO3)cc2)cc1)C(F)(F)S(=O)(=O)O. The second kappa shape index (κ2) is 11.2. The molecule has 2 atom stereocenters. The van der Waals surface area contributed by atoms with Gasteiger partial charge in [-0.2, -0.15) is 30.4 Å². The molecule has 0 radical (unpaired) electrons. The molecule has 6 nitrogen and oxygen atoms in total. The highest BCUT2D eigenvalue weighted by atomic mass is 32.2. The monoisotopic (exact) mass is 619 g/mol. The Bertz CT molecular complexity index is 1440. The second-order valence-corrected chi connectivity index (χ2v) is 13.5. The summed E-state index contributed by atoms with van der Waals surface area (Å²) in [4.78, 5) is 2.56. The molecule has 0 bridgehead atoms. The Hall–Kier alpha value is -2.71. The van der Waals surface area contributed by atoms with Crippen LogP contribution in [0.3, 0.4) is 0 Å². The zero-order valence-corrected chi connectivity index (χ0v) is 23.8. The maximum absolute atomic E-state index is 13.9. The van der Waals surface area contributed by atoms with E-state index in [9.17, 15) is 30.4 Å². The summed E-state index contributed by atoms with van der Waals surface area (Å²) in [5.41, 5.74) is -1.57. The van der Waals surface area contributed by atoms with Gasteiger partial charge in [0.1, 0.15) is 11.2 Å². The number of hydrogen-bond donors (Lipinski definition) is 1. The molecule has 0 aliphatic carbocycles. The highest BCUT2D eigenvalue weighted by Gasteiger charge is 2.56. The van der Waals surface area contributed by atoms with Crippen LogP contribution in [0.25, 0.3) is 0 Å². The highest BCUT2D eigenvalue weighted by molar-refractivity contribution is 7.97. The summed E-state index contributed by atoms with van der Waals surface area (Å²) in [6.45, 7) is 2.36. The highest BCUT2D eigenvalue weighted by Crippen LogP contribution is 2.45. The van der Waals surface area contributed by atoms with E-state index in [1.807, 2.05) is 42.5 Å². The van der Waals surface area contributed by atoms with Crippen molar-refractivity contribution in [2.24, 2.45) is 5.41 Å². The minimum atomic E-state index is -5.67. The molecular formula is C28H28F5O6S2+. The third-order valence-electron chi connectivity index (χ3n) is 6.80. The summed E-state index contributed by atoms with van der Waals surface area (Å²) in [7, 11) is -6.36. The van der Waals surface area contributed by atoms with Crippen molar-refractivity contribution in [2.75, 3.05) is 13.2 Å². The lowest BCUT2D eigenvalue weighted by atomic mass is 9.90. The largest absolute Gasteiger partial charge is 0.483 e. The maximum Gasteiger partial charge on any atom is 0.405 e. The Morgan fingerprint density at radius 3 is 1.76 bits per heavy atom. The van der Waals surface area contributed by atoms with Crippen molar-refractivity contribution in [1.82, 2.24) is 0 Å². The van der Waals surface area contributed by atoms with E-state index >= 15 is 0 Å². The predicted octanol–water partition coefficient (Wildman–Crippen LogP) is 6.82. The average molecular weight is 620 g/mol. The van der Waals surface area contributed by atoms with Gasteiger partial charge in [0.25, 0.3) is 0 Å². The standard InChI is InChI=1S/C28H27F5O6S2/c1-19(27(29,30)41(34,35)36)39-21-11-15-24(16-12-21)40(22-7-5-4-6-8-22)23-13-9-20(10-14-23)26(3)37-17-25(2,18-38-26)28(31,32)33/h4-16,19H,17-18H2,1-3H3/p+1. The van der Waals surface area contributed by atoms with E-state index < -0.39 is 63.0 Å². The Labute approximate surface area is 237 Å². The molecule has 13 heteroatoms. The van der Waals surface area contributed by atoms with Gasteiger partial charge in [-0.25, -0.2) is 0 Å². The maximum atomic E-state index is 13.9. The number of halogens is 5. The molecule has 41 heavy (non-hydrogen) atoms. The van der Waals surface area contributed by atoms with Gasteiger partial charge in [-0.15, -0.1) is 0 Å². The fraction of sp³-hybridized carbons (Fsp3) is 0.357. The van der Waals surface area contributed by atoms with Gasteiger partial charge in [0.05, 0.1) is 24.1 Å². The first-order valence-electron chi connectivity index (χ1n) is 12.3. The van der Waals surface area contributed by atoms with Crippen molar-refractivity contribution in [3.8, 4) is 5.75 Å². The van der Waals surface area contributed by atoms with Crippen molar-refractivity contribution < 1.29 is 49.1 Å². The molecule has 1 aliphatic rings. The number of ether oxygens (including phenoxy) is 3. The van der Waals surface area contributed by atoms with Crippen molar-refractivity contribution in [1.29, 1.82) is 0 Å². The molecule has 1 N–H and O–H groups in total. The Morgan fingerprint density at radius 1 is 0.829 bits per heavy atom. The first-order valence-corrected chi connectivity index (χ1v) is 15.0. The molecule has 0 aromatic heterocycles. The lowest BCUT2D eigenvalue weighted by Gasteiger charge is -2.43. The lowest BCUT2D eigenvalue weighted by Crippen LogP contribution is -2.52. The summed E-state index contributed by atoms with van der Waals surface area (Å²) in [5.74, 6) is -1.39. The Balaban J connectivity index is 1.59. The van der Waals surface area contributed by atoms with Crippen LogP contribution in [0, 0.1) is 5.41 Å². The van der Waals surface area contributed by atoms with Gasteiger partial charge in [0.15, 0.2) is 26.6 Å². The molecule has 1 heterocycles. The molecule has 2 unspecified atom stereocenters. The molecule has 1 aliphatic heterocycles. The molecule has 1 saturated heterocycles. The third kappa shape index (κ3) is 6.38. The van der Waals surface area contributed by atoms with Crippen LogP contribution in [0.1, 0.15) is 26.3 Å². The molecule has 3 aromatic carbocycles. The Morgan fingerprint density at radius 2 is 1.29 bits per heavy atom. The van der Waals surface area contributed by atoms with Crippen LogP contribution < -0.4 is 4.74 Å². The molecule has 1 fully saturated rings. The predicted molar refractivity (Wildman–Crippen MR) is 141 cm³/mol. The molecular weight excluding hydrogens is 591 g/mol. The minimum Gasteiger partial charge on any atom is -0.483 e. The van der Waals surface area contributed by atoms with E-state index in [1.165, 1.54) is 12.1 Å². The van der Waals surface area contributed by atoms with Gasteiger partial charge >= 0.3 is 21.5 Å². The average Bonchev–Trinajstić information content (AvgIpc) is 2.91. The number of hydrogen-bond acceptors (Lipinski definition) is 5. The van der Waals surface area contributed by atoms with E-state index in [0.29, 0.717) is 5.56 Å². The fourth-order valence-electron chi connectivity index (χ4n) is 4.00. The summed E-state index contributed by atoms with van der Waals surface area (Å²) in [6.07, 6.45) is -6.62. The molecule has 0 amide bonds. The molecule has 4 rings (SSSR count). The van der Waals surface area contributed by atoms with Crippen molar-refractivity contribution in [3.63, 3.8) is 0 Å². The van der Waals surface area contributed by atoms with Crippen molar-refractivity contribution >= 4 is 21.0 Å². The number of rotatable bonds is 8. The van der Waals surface area contributed by atoms with Gasteiger partial charge in [-0.3, -0.25) is 4.55 Å². The van der Waals surface area contributed by atoms with E-state index in [4.69, 9.17) is 18.8 Å². The molecule has 0 saturated carbocycles. The van der Waals surface area contributed by atoms with Crippen LogP contribution >= 0.6 is 0 Å². The first kappa shape index (κ1) is 31.2. The number of benzene rings is 3. The molecule has 0 spiro atoms. The Kier molecular flexibility index (Phi) is 8.51. The van der Waals surface area contributed by atoms with Gasteiger partial charge in [-0.1, -0.05) is 18.2 Å². The second-order valence-electron chi connectivity index (χ2n) is 9.99. The minimum absolute atomic E-state index is 0.0260. The lowest BCUT2D eigenvalue weighted by molar-refractivity contribution is -0.354. The van der Waals surface area contributed by atoms with E-state index in [2.05, 4.69) is 0 Å². The van der Waals surface area contributed by atoms with Crippen LogP contribution in [0.5, 0.6) is 5.75 Å². The van der Waals surface area contributed by atoms with Gasteiger partial charge < -0.3 is 14.2 Å².